The molecule has 2 unspecified atom stereocenters. The fraction of sp³-hybridized carbons (Fsp3) is 0.469. The number of halogens is 11. The maximum Gasteiger partial charge on any atom is 0.435 e. The van der Waals surface area contributed by atoms with Gasteiger partial charge in [0.25, 0.3) is 17.2 Å². The van der Waals surface area contributed by atoms with Gasteiger partial charge in [0.1, 0.15) is 46.5 Å². The number of carbonyl (C=O) groups excluding carboxylic acids is 3. The van der Waals surface area contributed by atoms with Crippen molar-refractivity contribution in [2.45, 2.75) is 128 Å². The zero-order valence-corrected chi connectivity index (χ0v) is 44.4. The number of esters is 1. The van der Waals surface area contributed by atoms with Gasteiger partial charge in [0, 0.05) is 40.3 Å². The largest absolute Gasteiger partial charge is 0.460 e. The molecule has 3 aromatic heterocycles. The van der Waals surface area contributed by atoms with Gasteiger partial charge in [0.15, 0.2) is 15.5 Å². The summed E-state index contributed by atoms with van der Waals surface area (Å²) in [4.78, 5) is 45.6. The van der Waals surface area contributed by atoms with Crippen molar-refractivity contribution >= 4 is 61.4 Å². The van der Waals surface area contributed by atoms with E-state index in [-0.39, 0.29) is 43.9 Å². The molecule has 0 bridgehead atoms. The van der Waals surface area contributed by atoms with E-state index in [0.717, 1.165) is 24.5 Å². The fourth-order valence-electron chi connectivity index (χ4n) is 8.95. The lowest BCUT2D eigenvalue weighted by Crippen LogP contribution is -2.43. The lowest BCUT2D eigenvalue weighted by atomic mass is 9.88. The molecule has 2 amide bonds. The van der Waals surface area contributed by atoms with Gasteiger partial charge < -0.3 is 10.1 Å². The molecule has 7 rings (SSSR count). The molecule has 0 spiro atoms. The Kier molecular flexibility index (Phi) is 15.4. The van der Waals surface area contributed by atoms with Gasteiger partial charge in [-0.2, -0.15) is 45.3 Å². The number of pyridine rings is 1. The molecule has 0 aliphatic heterocycles. The van der Waals surface area contributed by atoms with Gasteiger partial charge in [-0.3, -0.25) is 28.3 Å². The van der Waals surface area contributed by atoms with Crippen LogP contribution in [0.3, 0.4) is 0 Å². The van der Waals surface area contributed by atoms with Gasteiger partial charge in [-0.05, 0) is 95.2 Å². The summed E-state index contributed by atoms with van der Waals surface area (Å²) in [6, 6.07) is 5.05. The first kappa shape index (κ1) is 58.6. The molecule has 77 heavy (non-hydrogen) atoms. The van der Waals surface area contributed by atoms with E-state index in [1.54, 1.807) is 20.8 Å². The van der Waals surface area contributed by atoms with Gasteiger partial charge in [0.05, 0.1) is 46.3 Å². The van der Waals surface area contributed by atoms with Gasteiger partial charge in [-0.25, -0.2) is 30.7 Å². The molecule has 1 saturated carbocycles. The van der Waals surface area contributed by atoms with Crippen molar-refractivity contribution < 1.29 is 80.2 Å². The highest BCUT2D eigenvalue weighted by Gasteiger charge is 2.68. The standard InChI is InChI=1S/C49H48ClF10N7O8S2/c1-44(2,3)75-36(69)20-45(4,5)43(70)67(76(71)72)21-34-38-32(50)12-11-29(40(38)66(63-34)23-47(53,54)55)28-10-9-27(13-14-46(6,7)77(8,73)74)61-39(28)33(17-24-15-25(51)18-26(52)16-24)62-35(68)22-65-42-37(41(64-65)49(58,59)60)30-19-31(30)48(42,56)57/h9-12,15-16,18,30-31,33H,17,19-23H2,1-8H3,(H,62,68)(H,71,72)/t30-,31+,33?/m0/s1. The second kappa shape index (κ2) is 20.3. The Morgan fingerprint density at radius 3 is 2.16 bits per heavy atom. The number of amides is 2. The zero-order chi connectivity index (χ0) is 57.5. The third-order valence-electron chi connectivity index (χ3n) is 12.7. The van der Waals surface area contributed by atoms with Crippen molar-refractivity contribution in [3.8, 4) is 23.0 Å². The third-order valence-corrected chi connectivity index (χ3v) is 15.6. The van der Waals surface area contributed by atoms with E-state index in [9.17, 15) is 66.7 Å². The summed E-state index contributed by atoms with van der Waals surface area (Å²) in [6.45, 7) is 5.46. The molecule has 28 heteroatoms. The minimum absolute atomic E-state index is 0.203. The first-order valence-corrected chi connectivity index (χ1v) is 26.5. The molecule has 4 atom stereocenters. The average molecular weight is 1150 g/mol. The van der Waals surface area contributed by atoms with E-state index >= 15 is 8.78 Å². The summed E-state index contributed by atoms with van der Waals surface area (Å²) in [5.74, 6) is -7.01. The van der Waals surface area contributed by atoms with Crippen molar-refractivity contribution in [2.75, 3.05) is 6.26 Å². The van der Waals surface area contributed by atoms with Crippen molar-refractivity contribution in [1.82, 2.24) is 34.2 Å². The minimum atomic E-state index is -5.22. The number of rotatable bonds is 15. The third kappa shape index (κ3) is 12.6. The molecule has 2 aromatic carbocycles. The number of benzene rings is 2. The second-order valence-corrected chi connectivity index (χ2v) is 24.7. The highest BCUT2D eigenvalue weighted by molar-refractivity contribution is 7.92. The Bertz CT molecular complexity index is 3410. The number of carbonyl (C=O) groups is 3. The Labute approximate surface area is 441 Å². The van der Waals surface area contributed by atoms with Crippen LogP contribution in [0.25, 0.3) is 22.0 Å². The predicted molar refractivity (Wildman–Crippen MR) is 258 cm³/mol. The lowest BCUT2D eigenvalue weighted by molar-refractivity contribution is -0.160. The van der Waals surface area contributed by atoms with Crippen molar-refractivity contribution in [3.05, 3.63) is 98.7 Å². The van der Waals surface area contributed by atoms with Crippen LogP contribution in [0.1, 0.15) is 113 Å². The van der Waals surface area contributed by atoms with E-state index < -0.39 is 169 Å². The van der Waals surface area contributed by atoms with Crippen LogP contribution in [0.4, 0.5) is 43.9 Å². The molecule has 5 aromatic rings. The first-order chi connectivity index (χ1) is 35.2. The predicted octanol–water partition coefficient (Wildman–Crippen LogP) is 9.51. The smallest absolute Gasteiger partial charge is 0.435 e. The van der Waals surface area contributed by atoms with E-state index in [1.165, 1.54) is 45.9 Å². The van der Waals surface area contributed by atoms with Crippen LogP contribution in [-0.4, -0.2) is 86.6 Å². The van der Waals surface area contributed by atoms with Crippen LogP contribution in [-0.2, 0) is 78.4 Å². The van der Waals surface area contributed by atoms with Crippen LogP contribution in [0.5, 0.6) is 0 Å². The Hall–Kier alpha value is -6.11. The number of ether oxygens (including phenoxy) is 1. The fourth-order valence-corrected chi connectivity index (χ4v) is 10.1. The highest BCUT2D eigenvalue weighted by Crippen LogP contribution is 2.68. The summed E-state index contributed by atoms with van der Waals surface area (Å²) in [5.41, 5.74) is -8.80. The number of nitrogens with one attached hydrogen (secondary N) is 1. The van der Waals surface area contributed by atoms with Crippen molar-refractivity contribution in [2.24, 2.45) is 11.3 Å². The number of fused-ring (bicyclic) bond motifs is 4. The highest BCUT2D eigenvalue weighted by atomic mass is 35.5. The minimum Gasteiger partial charge on any atom is -0.460 e. The topological polar surface area (TPSA) is 196 Å². The van der Waals surface area contributed by atoms with Crippen LogP contribution in [0.15, 0.2) is 42.5 Å². The number of sulfone groups is 1. The molecule has 15 nitrogen and oxygen atoms in total. The molecule has 2 N–H and O–H groups in total. The zero-order valence-electron chi connectivity index (χ0n) is 42.0. The van der Waals surface area contributed by atoms with Crippen LogP contribution < -0.4 is 5.32 Å². The molecule has 1 fully saturated rings. The quantitative estimate of drug-likeness (QED) is 0.0439. The summed E-state index contributed by atoms with van der Waals surface area (Å²) in [7, 11) is -3.91. The van der Waals surface area contributed by atoms with E-state index in [0.29, 0.717) is 15.1 Å². The number of hydrogen-bond donors (Lipinski definition) is 2. The summed E-state index contributed by atoms with van der Waals surface area (Å²) < 4.78 is 201. The molecular formula is C49H48ClF10N7O8S2. The van der Waals surface area contributed by atoms with E-state index in [4.69, 9.17) is 16.3 Å². The number of hydrogen-bond acceptors (Lipinski definition) is 10. The first-order valence-electron chi connectivity index (χ1n) is 23.1. The van der Waals surface area contributed by atoms with Gasteiger partial charge in [-0.1, -0.05) is 37.4 Å². The van der Waals surface area contributed by atoms with E-state index in [2.05, 4.69) is 32.3 Å². The molecule has 0 radical (unpaired) electrons. The Balaban J connectivity index is 1.43. The molecule has 0 saturated heterocycles. The molecule has 2 aliphatic rings. The number of nitrogens with zero attached hydrogens (tertiary/aromatic N) is 6. The Morgan fingerprint density at radius 1 is 0.961 bits per heavy atom. The summed E-state index contributed by atoms with van der Waals surface area (Å²) in [5, 5.41) is 9.27. The lowest BCUT2D eigenvalue weighted by Gasteiger charge is -2.29. The molecule has 416 valence electrons. The van der Waals surface area contributed by atoms with Crippen molar-refractivity contribution in [1.29, 1.82) is 0 Å². The maximum absolute atomic E-state index is 15.6. The molecule has 3 heterocycles. The maximum atomic E-state index is 15.6. The SMILES string of the molecule is CC(C)(C)OC(=O)CC(C)(C)C(=O)N(Cc1nn(CC(F)(F)F)c2c(-c3ccc(C#CC(C)(C)S(C)(=O)=O)nc3C(Cc3cc(F)cc(F)c3)NC(=O)Cn3nc(C(F)(F)F)c4c3C(F)(F)[C@@H]3C[C@H]43)ccc(Cl)c12)S(=O)O. The summed E-state index contributed by atoms with van der Waals surface area (Å²) in [6.07, 6.45) is -11.0. The van der Waals surface area contributed by atoms with Gasteiger partial charge in [-0.15, -0.1) is 0 Å². The van der Waals surface area contributed by atoms with E-state index in [1.807, 2.05) is 0 Å². The monoisotopic (exact) mass is 1150 g/mol. The second-order valence-electron chi connectivity index (χ2n) is 20.9. The molecular weight excluding hydrogens is 1100 g/mol. The number of alkyl halides is 8. The van der Waals surface area contributed by atoms with Crippen molar-refractivity contribution in [3.63, 3.8) is 0 Å². The average Bonchev–Trinajstić information content (AvgIpc) is 3.78. The van der Waals surface area contributed by atoms with Gasteiger partial charge in [0.2, 0.25) is 11.8 Å². The summed E-state index contributed by atoms with van der Waals surface area (Å²) >= 11 is 3.49. The van der Waals surface area contributed by atoms with Crippen LogP contribution >= 0.6 is 11.6 Å². The number of aromatic nitrogens is 5. The van der Waals surface area contributed by atoms with Gasteiger partial charge >= 0.3 is 18.3 Å². The molecule has 2 aliphatic carbocycles. The Morgan fingerprint density at radius 2 is 1.58 bits per heavy atom. The van der Waals surface area contributed by atoms with Crippen LogP contribution in [0.2, 0.25) is 5.02 Å². The normalized spacial score (nSPS) is 17.2. The van der Waals surface area contributed by atoms with Crippen LogP contribution in [0, 0.1) is 34.8 Å².